The molecule has 0 spiro atoms. The monoisotopic (exact) mass is 441 g/mol. The molecule has 6 nitrogen and oxygen atoms in total. The highest BCUT2D eigenvalue weighted by Crippen LogP contribution is 2.43. The van der Waals surface area contributed by atoms with E-state index in [9.17, 15) is 9.90 Å². The van der Waals surface area contributed by atoms with Crippen LogP contribution in [0.15, 0.2) is 95.5 Å². The van der Waals surface area contributed by atoms with E-state index in [1.807, 2.05) is 59.5 Å². The van der Waals surface area contributed by atoms with Gasteiger partial charge in [-0.1, -0.05) is 42.5 Å². The summed E-state index contributed by atoms with van der Waals surface area (Å²) in [5.41, 5.74) is 2.48. The van der Waals surface area contributed by atoms with Gasteiger partial charge in [0.05, 0.1) is 17.3 Å². The number of carboxylic acids is 1. The van der Waals surface area contributed by atoms with Gasteiger partial charge in [-0.3, -0.25) is 4.98 Å². The molecule has 4 aromatic rings. The largest absolute Gasteiger partial charge is 0.478 e. The summed E-state index contributed by atoms with van der Waals surface area (Å²) in [6.45, 7) is 0. The lowest BCUT2D eigenvalue weighted by Gasteiger charge is -2.26. The molecule has 7 heteroatoms. The second-order valence-electron chi connectivity index (χ2n) is 7.38. The SMILES string of the molecule is O=C(O)c1ccccc1-c1ccc([C@@H]2[C@H](c3ccccn3)NC(=S)N2c2ccccc2)o1. The molecule has 2 aromatic carbocycles. The molecule has 2 aromatic heterocycles. The van der Waals surface area contributed by atoms with Gasteiger partial charge in [0.25, 0.3) is 0 Å². The lowest BCUT2D eigenvalue weighted by Crippen LogP contribution is -2.29. The summed E-state index contributed by atoms with van der Waals surface area (Å²) in [5.74, 6) is 0.148. The van der Waals surface area contributed by atoms with Crippen LogP contribution in [-0.2, 0) is 0 Å². The number of pyridine rings is 1. The van der Waals surface area contributed by atoms with E-state index in [1.54, 1.807) is 36.5 Å². The Morgan fingerprint density at radius 1 is 0.969 bits per heavy atom. The van der Waals surface area contributed by atoms with Crippen LogP contribution < -0.4 is 10.2 Å². The fourth-order valence-electron chi connectivity index (χ4n) is 4.05. The predicted octanol–water partition coefficient (Wildman–Crippen LogP) is 5.22. The van der Waals surface area contributed by atoms with E-state index >= 15 is 0 Å². The second-order valence-corrected chi connectivity index (χ2v) is 7.77. The van der Waals surface area contributed by atoms with Crippen LogP contribution in [0.3, 0.4) is 0 Å². The van der Waals surface area contributed by atoms with Gasteiger partial charge in [0, 0.05) is 17.4 Å². The molecule has 0 bridgehead atoms. The average molecular weight is 442 g/mol. The van der Waals surface area contributed by atoms with Crippen LogP contribution in [0.1, 0.15) is 33.9 Å². The van der Waals surface area contributed by atoms with Gasteiger partial charge in [0.1, 0.15) is 17.6 Å². The van der Waals surface area contributed by atoms with Gasteiger partial charge in [-0.15, -0.1) is 0 Å². The predicted molar refractivity (Wildman–Crippen MR) is 125 cm³/mol. The summed E-state index contributed by atoms with van der Waals surface area (Å²) in [6, 6.07) is 25.6. The van der Waals surface area contributed by atoms with Crippen molar-refractivity contribution < 1.29 is 14.3 Å². The lowest BCUT2D eigenvalue weighted by atomic mass is 10.0. The third-order valence-corrected chi connectivity index (χ3v) is 5.79. The topological polar surface area (TPSA) is 78.6 Å². The quantitative estimate of drug-likeness (QED) is 0.411. The normalized spacial score (nSPS) is 17.9. The first-order chi connectivity index (χ1) is 15.6. The first kappa shape index (κ1) is 20.0. The van der Waals surface area contributed by atoms with E-state index < -0.39 is 5.97 Å². The summed E-state index contributed by atoms with van der Waals surface area (Å²) in [7, 11) is 0. The number of hydrogen-bond acceptors (Lipinski definition) is 4. The molecule has 1 aliphatic rings. The molecule has 1 aliphatic heterocycles. The Morgan fingerprint density at radius 2 is 1.72 bits per heavy atom. The average Bonchev–Trinajstić information content (AvgIpc) is 3.44. The number of carbonyl (C=O) groups is 1. The minimum atomic E-state index is -1.00. The van der Waals surface area contributed by atoms with Crippen molar-refractivity contribution in [3.05, 3.63) is 108 Å². The van der Waals surface area contributed by atoms with Gasteiger partial charge >= 0.3 is 5.97 Å². The fraction of sp³-hybridized carbons (Fsp3) is 0.0800. The first-order valence-corrected chi connectivity index (χ1v) is 10.5. The van der Waals surface area contributed by atoms with Crippen molar-refractivity contribution in [2.45, 2.75) is 12.1 Å². The number of anilines is 1. The van der Waals surface area contributed by atoms with Crippen LogP contribution >= 0.6 is 12.2 Å². The number of aromatic nitrogens is 1. The van der Waals surface area contributed by atoms with Crippen LogP contribution in [0.25, 0.3) is 11.3 Å². The molecule has 32 heavy (non-hydrogen) atoms. The molecule has 2 atom stereocenters. The standard InChI is InChI=1S/C25H19N3O3S/c29-24(30)18-11-5-4-10-17(18)20-13-14-21(31-20)23-22(19-12-6-7-15-26-19)27-25(32)28(23)16-8-2-1-3-9-16/h1-15,22-23H,(H,27,32)(H,29,30)/t22-,23+/m0/s1. The van der Waals surface area contributed by atoms with Gasteiger partial charge in [-0.25, -0.2) is 4.79 Å². The van der Waals surface area contributed by atoms with Crippen LogP contribution in [0.5, 0.6) is 0 Å². The minimum Gasteiger partial charge on any atom is -0.478 e. The zero-order valence-corrected chi connectivity index (χ0v) is 17.7. The third kappa shape index (κ3) is 3.52. The molecular formula is C25H19N3O3S. The Balaban J connectivity index is 1.61. The highest BCUT2D eigenvalue weighted by atomic mass is 32.1. The molecule has 158 valence electrons. The van der Waals surface area contributed by atoms with Gasteiger partial charge in [0.2, 0.25) is 0 Å². The Hall–Kier alpha value is -3.97. The van der Waals surface area contributed by atoms with E-state index in [4.69, 9.17) is 16.6 Å². The van der Waals surface area contributed by atoms with Gasteiger partial charge in [-0.05, 0) is 54.7 Å². The molecule has 3 heterocycles. The number of furan rings is 1. The number of thiocarbonyl (C=S) groups is 1. The zero-order valence-electron chi connectivity index (χ0n) is 16.9. The van der Waals surface area contributed by atoms with Gasteiger partial charge in [0.15, 0.2) is 5.11 Å². The van der Waals surface area contributed by atoms with E-state index in [0.29, 0.717) is 22.2 Å². The molecule has 0 unspecified atom stereocenters. The Labute approximate surface area is 190 Å². The highest BCUT2D eigenvalue weighted by molar-refractivity contribution is 7.80. The highest BCUT2D eigenvalue weighted by Gasteiger charge is 2.42. The summed E-state index contributed by atoms with van der Waals surface area (Å²) in [4.78, 5) is 18.2. The lowest BCUT2D eigenvalue weighted by molar-refractivity contribution is 0.0697. The molecule has 0 amide bonds. The number of hydrogen-bond donors (Lipinski definition) is 2. The van der Waals surface area contributed by atoms with Crippen molar-refractivity contribution >= 4 is 29.0 Å². The Bertz CT molecular complexity index is 1270. The Kier molecular flexibility index (Phi) is 5.17. The van der Waals surface area contributed by atoms with Crippen molar-refractivity contribution in [1.29, 1.82) is 0 Å². The van der Waals surface area contributed by atoms with Crippen LogP contribution in [0.2, 0.25) is 0 Å². The van der Waals surface area contributed by atoms with Gasteiger partial charge in [-0.2, -0.15) is 0 Å². The molecule has 1 fully saturated rings. The van der Waals surface area contributed by atoms with E-state index in [-0.39, 0.29) is 17.6 Å². The summed E-state index contributed by atoms with van der Waals surface area (Å²) >= 11 is 5.70. The second kappa shape index (κ2) is 8.28. The van der Waals surface area contributed by atoms with Crippen LogP contribution in [0, 0.1) is 0 Å². The number of nitrogens with one attached hydrogen (secondary N) is 1. The smallest absolute Gasteiger partial charge is 0.336 e. The van der Waals surface area contributed by atoms with Crippen molar-refractivity contribution in [2.75, 3.05) is 4.90 Å². The molecule has 5 rings (SSSR count). The van der Waals surface area contributed by atoms with Crippen molar-refractivity contribution in [3.63, 3.8) is 0 Å². The summed E-state index contributed by atoms with van der Waals surface area (Å²) in [5, 5.41) is 13.5. The van der Waals surface area contributed by atoms with Gasteiger partial charge < -0.3 is 19.7 Å². The van der Waals surface area contributed by atoms with E-state index in [2.05, 4.69) is 10.3 Å². The molecule has 0 saturated carbocycles. The molecule has 0 aliphatic carbocycles. The number of carboxylic acid groups (broad SMARTS) is 1. The van der Waals surface area contributed by atoms with Crippen molar-refractivity contribution in [2.24, 2.45) is 0 Å². The Morgan fingerprint density at radius 3 is 2.47 bits per heavy atom. The van der Waals surface area contributed by atoms with E-state index in [0.717, 1.165) is 11.4 Å². The number of nitrogens with zero attached hydrogens (tertiary/aromatic N) is 2. The maximum Gasteiger partial charge on any atom is 0.336 e. The molecule has 2 N–H and O–H groups in total. The number of benzene rings is 2. The van der Waals surface area contributed by atoms with E-state index in [1.165, 1.54) is 0 Å². The molecular weight excluding hydrogens is 422 g/mol. The first-order valence-electron chi connectivity index (χ1n) is 10.1. The minimum absolute atomic E-state index is 0.189. The fourth-order valence-corrected chi connectivity index (χ4v) is 4.40. The number of para-hydroxylation sites is 1. The third-order valence-electron chi connectivity index (χ3n) is 5.47. The van der Waals surface area contributed by atoms with Crippen LogP contribution in [-0.4, -0.2) is 21.2 Å². The van der Waals surface area contributed by atoms with Crippen LogP contribution in [0.4, 0.5) is 5.69 Å². The summed E-state index contributed by atoms with van der Waals surface area (Å²) < 4.78 is 6.26. The molecule has 0 radical (unpaired) electrons. The number of aromatic carboxylic acids is 1. The maximum atomic E-state index is 11.7. The number of rotatable bonds is 5. The van der Waals surface area contributed by atoms with Crippen molar-refractivity contribution in [1.82, 2.24) is 10.3 Å². The van der Waals surface area contributed by atoms with Crippen molar-refractivity contribution in [3.8, 4) is 11.3 Å². The maximum absolute atomic E-state index is 11.7. The molecule has 1 saturated heterocycles. The zero-order chi connectivity index (χ0) is 22.1. The summed E-state index contributed by atoms with van der Waals surface area (Å²) in [6.07, 6.45) is 1.75.